The van der Waals surface area contributed by atoms with E-state index < -0.39 is 35.5 Å². The quantitative estimate of drug-likeness (QED) is 0.123. The van der Waals surface area contributed by atoms with Gasteiger partial charge in [-0.05, 0) is 89.3 Å². The second-order valence-electron chi connectivity index (χ2n) is 14.9. The maximum Gasteiger partial charge on any atom is 0.407 e. The predicted octanol–water partition coefficient (Wildman–Crippen LogP) is 6.78. The Bertz CT molecular complexity index is 1560. The molecule has 5 rings (SSSR count). The molecule has 1 aliphatic heterocycles. The van der Waals surface area contributed by atoms with Gasteiger partial charge < -0.3 is 29.4 Å². The topological polar surface area (TPSA) is 140 Å². The molecule has 51 heavy (non-hydrogen) atoms. The summed E-state index contributed by atoms with van der Waals surface area (Å²) >= 11 is 0. The molecule has 0 unspecified atom stereocenters. The van der Waals surface area contributed by atoms with E-state index in [4.69, 9.17) is 13.9 Å². The highest BCUT2D eigenvalue weighted by Gasteiger charge is 2.41. The van der Waals surface area contributed by atoms with Gasteiger partial charge in [-0.25, -0.2) is 9.78 Å². The Hall–Kier alpha value is -4.25. The van der Waals surface area contributed by atoms with E-state index >= 15 is 0 Å². The Morgan fingerprint density at radius 2 is 1.71 bits per heavy atom. The molecule has 0 radical (unpaired) electrons. The SMILES string of the molecule is CC(C)(C)OC(=O)NCCCC[C@H](NC(=O)[C@@H]1C[C@@H](OCC2CCCCC2)CN1C(=O)CCCc1ccccc1)C(=O)c1nc2ccccc2o1. The Kier molecular flexibility index (Phi) is 13.6. The molecule has 1 saturated carbocycles. The van der Waals surface area contributed by atoms with Gasteiger partial charge in [0.05, 0.1) is 12.1 Å². The molecule has 3 amide bonds. The van der Waals surface area contributed by atoms with Gasteiger partial charge in [0, 0.05) is 32.5 Å². The minimum atomic E-state index is -0.940. The first-order valence-corrected chi connectivity index (χ1v) is 18.7. The van der Waals surface area contributed by atoms with Crippen LogP contribution in [-0.4, -0.2) is 77.1 Å². The molecule has 1 aliphatic carbocycles. The molecule has 11 heteroatoms. The van der Waals surface area contributed by atoms with Crippen LogP contribution < -0.4 is 10.6 Å². The highest BCUT2D eigenvalue weighted by atomic mass is 16.6. The normalized spacial score (nSPS) is 18.8. The van der Waals surface area contributed by atoms with E-state index in [1.54, 1.807) is 43.9 Å². The fourth-order valence-electron chi connectivity index (χ4n) is 6.94. The van der Waals surface area contributed by atoms with Crippen molar-refractivity contribution in [1.29, 1.82) is 0 Å². The van der Waals surface area contributed by atoms with E-state index in [0.29, 0.717) is 75.2 Å². The van der Waals surface area contributed by atoms with Crippen LogP contribution in [0.5, 0.6) is 0 Å². The van der Waals surface area contributed by atoms with Crippen molar-refractivity contribution in [2.24, 2.45) is 5.92 Å². The van der Waals surface area contributed by atoms with E-state index in [2.05, 4.69) is 15.6 Å². The third kappa shape index (κ3) is 11.6. The number of aryl methyl sites for hydroxylation is 1. The highest BCUT2D eigenvalue weighted by molar-refractivity contribution is 6.01. The lowest BCUT2D eigenvalue weighted by atomic mass is 9.90. The average molecular weight is 703 g/mol. The second-order valence-corrected chi connectivity index (χ2v) is 14.9. The maximum absolute atomic E-state index is 14.1. The van der Waals surface area contributed by atoms with Crippen LogP contribution in [0.3, 0.4) is 0 Å². The summed E-state index contributed by atoms with van der Waals surface area (Å²) in [7, 11) is 0. The first kappa shape index (κ1) is 38.0. The lowest BCUT2D eigenvalue weighted by Gasteiger charge is -2.26. The van der Waals surface area contributed by atoms with Crippen LogP contribution in [0.15, 0.2) is 59.0 Å². The lowest BCUT2D eigenvalue weighted by Crippen LogP contribution is -2.51. The van der Waals surface area contributed by atoms with Crippen LogP contribution in [0, 0.1) is 5.92 Å². The average Bonchev–Trinajstić information content (AvgIpc) is 3.75. The van der Waals surface area contributed by atoms with Gasteiger partial charge in [0.2, 0.25) is 17.6 Å². The van der Waals surface area contributed by atoms with Gasteiger partial charge in [-0.2, -0.15) is 0 Å². The number of oxazole rings is 1. The number of ether oxygens (including phenoxy) is 2. The number of unbranched alkanes of at least 4 members (excludes halogenated alkanes) is 1. The number of likely N-dealkylation sites (tertiary alicyclic amines) is 1. The van der Waals surface area contributed by atoms with E-state index in [-0.39, 0.29) is 17.9 Å². The number of carbonyl (C=O) groups is 4. The predicted molar refractivity (Wildman–Crippen MR) is 194 cm³/mol. The second kappa shape index (κ2) is 18.3. The Morgan fingerprint density at radius 1 is 0.961 bits per heavy atom. The molecule has 1 aromatic heterocycles. The number of hydrogen-bond acceptors (Lipinski definition) is 8. The minimum Gasteiger partial charge on any atom is -0.444 e. The number of rotatable bonds is 16. The van der Waals surface area contributed by atoms with Gasteiger partial charge in [0.15, 0.2) is 5.58 Å². The van der Waals surface area contributed by atoms with E-state index in [0.717, 1.165) is 24.8 Å². The number of carbonyl (C=O) groups excluding carboxylic acids is 4. The van der Waals surface area contributed by atoms with Crippen LogP contribution in [0.2, 0.25) is 0 Å². The minimum absolute atomic E-state index is 0.0812. The van der Waals surface area contributed by atoms with Crippen LogP contribution in [0.25, 0.3) is 11.1 Å². The monoisotopic (exact) mass is 702 g/mol. The van der Waals surface area contributed by atoms with Crippen LogP contribution in [0.1, 0.15) is 108 Å². The van der Waals surface area contributed by atoms with E-state index in [9.17, 15) is 19.2 Å². The fourth-order valence-corrected chi connectivity index (χ4v) is 6.94. The summed E-state index contributed by atoms with van der Waals surface area (Å²) in [4.78, 5) is 59.8. The van der Waals surface area contributed by atoms with Gasteiger partial charge in [-0.3, -0.25) is 14.4 Å². The summed E-state index contributed by atoms with van der Waals surface area (Å²) in [5.74, 6) is -0.503. The molecule has 2 N–H and O–H groups in total. The zero-order chi connectivity index (χ0) is 36.2. The maximum atomic E-state index is 14.1. The van der Waals surface area contributed by atoms with Crippen molar-refractivity contribution >= 4 is 34.8 Å². The molecule has 2 heterocycles. The zero-order valence-electron chi connectivity index (χ0n) is 30.4. The number of para-hydroxylation sites is 2. The van der Waals surface area contributed by atoms with Gasteiger partial charge in [0.25, 0.3) is 5.89 Å². The van der Waals surface area contributed by atoms with Crippen molar-refractivity contribution in [3.63, 3.8) is 0 Å². The number of fused-ring (bicyclic) bond motifs is 1. The van der Waals surface area contributed by atoms with Gasteiger partial charge >= 0.3 is 6.09 Å². The molecule has 0 bridgehead atoms. The van der Waals surface area contributed by atoms with Crippen molar-refractivity contribution in [3.05, 3.63) is 66.1 Å². The Labute approximate surface area is 301 Å². The summed E-state index contributed by atoms with van der Waals surface area (Å²) in [6.45, 7) is 6.71. The molecule has 3 atom stereocenters. The van der Waals surface area contributed by atoms with Crippen molar-refractivity contribution < 1.29 is 33.1 Å². The summed E-state index contributed by atoms with van der Waals surface area (Å²) in [5, 5.41) is 5.72. The number of Topliss-reactive ketones (excluding diaryl/α,β-unsaturated/α-hetero) is 1. The zero-order valence-corrected chi connectivity index (χ0v) is 30.4. The van der Waals surface area contributed by atoms with Gasteiger partial charge in [-0.1, -0.05) is 61.7 Å². The number of amides is 3. The number of ketones is 1. The molecule has 2 aliphatic rings. The van der Waals surface area contributed by atoms with E-state index in [1.807, 2.05) is 36.4 Å². The van der Waals surface area contributed by atoms with Crippen molar-refractivity contribution in [3.8, 4) is 0 Å². The molecule has 1 saturated heterocycles. The van der Waals surface area contributed by atoms with E-state index in [1.165, 1.54) is 19.3 Å². The number of hydrogen-bond donors (Lipinski definition) is 2. The Morgan fingerprint density at radius 3 is 2.45 bits per heavy atom. The molecule has 2 aromatic carbocycles. The first-order chi connectivity index (χ1) is 24.6. The molecule has 2 fully saturated rings. The third-order valence-electron chi connectivity index (χ3n) is 9.60. The fraction of sp³-hybridized carbons (Fsp3) is 0.575. The molecule has 11 nitrogen and oxygen atoms in total. The van der Waals surface area contributed by atoms with Crippen LogP contribution in [-0.2, 0) is 25.5 Å². The van der Waals surface area contributed by atoms with Gasteiger partial charge in [-0.15, -0.1) is 0 Å². The largest absolute Gasteiger partial charge is 0.444 e. The smallest absolute Gasteiger partial charge is 0.407 e. The highest BCUT2D eigenvalue weighted by Crippen LogP contribution is 2.28. The Balaban J connectivity index is 1.25. The molecular formula is C40H54N4O7. The summed E-state index contributed by atoms with van der Waals surface area (Å²) < 4.78 is 17.5. The van der Waals surface area contributed by atoms with Gasteiger partial charge in [0.1, 0.15) is 17.2 Å². The third-order valence-corrected chi connectivity index (χ3v) is 9.60. The van der Waals surface area contributed by atoms with Crippen LogP contribution in [0.4, 0.5) is 4.79 Å². The molecule has 3 aromatic rings. The number of aromatic nitrogens is 1. The summed E-state index contributed by atoms with van der Waals surface area (Å²) in [6.07, 6.45) is 8.68. The standard InChI is InChI=1S/C40H54N4O7/c1-40(2,3)51-39(48)41-24-13-12-21-32(36(46)38-43-31-20-10-11-22-34(31)50-38)42-37(47)33-25-30(49-27-29-17-8-5-9-18-29)26-44(33)35(45)23-14-19-28-15-6-4-7-16-28/h4,6-7,10-11,15-16,20,22,29-30,32-33H,5,8-9,12-14,17-19,21,23-27H2,1-3H3,(H,41,48)(H,42,47)/t30-,32+,33+/m1/s1. The molecular weight excluding hydrogens is 648 g/mol. The molecule has 276 valence electrons. The molecule has 0 spiro atoms. The number of benzene rings is 2. The summed E-state index contributed by atoms with van der Waals surface area (Å²) in [5.41, 5.74) is 1.58. The number of nitrogens with one attached hydrogen (secondary N) is 2. The van der Waals surface area contributed by atoms with Crippen molar-refractivity contribution in [2.45, 2.75) is 122 Å². The first-order valence-electron chi connectivity index (χ1n) is 18.7. The number of alkyl carbamates (subject to hydrolysis) is 1. The summed E-state index contributed by atoms with van der Waals surface area (Å²) in [6, 6.07) is 15.5. The lowest BCUT2D eigenvalue weighted by molar-refractivity contribution is -0.138. The van der Waals surface area contributed by atoms with Crippen LogP contribution >= 0.6 is 0 Å². The van der Waals surface area contributed by atoms with Crippen molar-refractivity contribution in [1.82, 2.24) is 20.5 Å². The van der Waals surface area contributed by atoms with Crippen molar-refractivity contribution in [2.75, 3.05) is 19.7 Å². The number of nitrogens with zero attached hydrogens (tertiary/aromatic N) is 2.